The maximum absolute atomic E-state index is 13.4. The van der Waals surface area contributed by atoms with Crippen molar-refractivity contribution in [3.8, 4) is 0 Å². The third kappa shape index (κ3) is 6.73. The van der Waals surface area contributed by atoms with Crippen LogP contribution in [0.15, 0.2) is 89.1 Å². The van der Waals surface area contributed by atoms with Crippen molar-refractivity contribution >= 4 is 55.7 Å². The largest absolute Gasteiger partial charge is 0.480 e. The van der Waals surface area contributed by atoms with Crippen LogP contribution in [-0.4, -0.2) is 36.9 Å². The highest BCUT2D eigenvalue weighted by atomic mass is 35.5. The van der Waals surface area contributed by atoms with Gasteiger partial charge in [0.2, 0.25) is 0 Å². The third-order valence-corrected chi connectivity index (χ3v) is 8.16. The predicted molar refractivity (Wildman–Crippen MR) is 144 cm³/mol. The van der Waals surface area contributed by atoms with Gasteiger partial charge < -0.3 is 5.11 Å². The van der Waals surface area contributed by atoms with Gasteiger partial charge in [-0.15, -0.1) is 11.3 Å². The molecule has 0 unspecified atom stereocenters. The predicted octanol–water partition coefficient (Wildman–Crippen LogP) is 5.11. The Morgan fingerprint density at radius 3 is 2.46 bits per heavy atom. The number of thiazole rings is 1. The van der Waals surface area contributed by atoms with Crippen LogP contribution in [0.5, 0.6) is 0 Å². The van der Waals surface area contributed by atoms with E-state index >= 15 is 0 Å². The average molecular weight is 556 g/mol. The number of hydrogen-bond acceptors (Lipinski definition) is 6. The number of carbonyl (C=O) groups is 2. The number of carbonyl (C=O) groups excluding carboxylic acids is 1. The summed E-state index contributed by atoms with van der Waals surface area (Å²) in [7, 11) is -4.32. The zero-order valence-electron chi connectivity index (χ0n) is 19.4. The first-order valence-corrected chi connectivity index (χ1v) is 13.8. The highest BCUT2D eigenvalue weighted by Gasteiger charge is 2.28. The Morgan fingerprint density at radius 2 is 1.73 bits per heavy atom. The maximum atomic E-state index is 13.4. The molecule has 2 N–H and O–H groups in total. The van der Waals surface area contributed by atoms with Crippen LogP contribution >= 0.6 is 22.9 Å². The van der Waals surface area contributed by atoms with Gasteiger partial charge in [-0.05, 0) is 54.8 Å². The minimum Gasteiger partial charge on any atom is -0.480 e. The molecule has 4 aromatic rings. The van der Waals surface area contributed by atoms with Gasteiger partial charge in [0.25, 0.3) is 15.9 Å². The Hall–Kier alpha value is -3.73. The van der Waals surface area contributed by atoms with Crippen LogP contribution in [0.25, 0.3) is 0 Å². The van der Waals surface area contributed by atoms with E-state index in [1.807, 2.05) is 35.7 Å². The lowest BCUT2D eigenvalue weighted by atomic mass is 10.1. The second-order valence-corrected chi connectivity index (χ2v) is 11.2. The molecule has 0 saturated heterocycles. The normalized spacial score (nSPS) is 11.2. The zero-order valence-corrected chi connectivity index (χ0v) is 21.8. The number of rotatable bonds is 10. The number of sulfonamides is 1. The molecule has 0 fully saturated rings. The van der Waals surface area contributed by atoms with Crippen molar-refractivity contribution in [2.75, 3.05) is 16.2 Å². The summed E-state index contributed by atoms with van der Waals surface area (Å²) in [6.45, 7) is -0.816. The molecule has 0 atom stereocenters. The molecule has 190 valence electrons. The summed E-state index contributed by atoms with van der Waals surface area (Å²) in [5.41, 5.74) is 2.21. The van der Waals surface area contributed by atoms with Crippen molar-refractivity contribution in [3.63, 3.8) is 0 Å². The first kappa shape index (κ1) is 26.3. The van der Waals surface area contributed by atoms with Crippen LogP contribution < -0.4 is 9.62 Å². The number of benzene rings is 3. The van der Waals surface area contributed by atoms with Crippen LogP contribution in [-0.2, 0) is 27.7 Å². The number of anilines is 2. The van der Waals surface area contributed by atoms with Crippen molar-refractivity contribution in [2.24, 2.45) is 0 Å². The fraction of sp³-hybridized carbons (Fsp3) is 0.115. The lowest BCUT2D eigenvalue weighted by Crippen LogP contribution is -2.35. The minimum absolute atomic E-state index is 0.0866. The number of nitrogens with zero attached hydrogens (tertiary/aromatic N) is 2. The van der Waals surface area contributed by atoms with Crippen LogP contribution in [0.1, 0.15) is 21.6 Å². The van der Waals surface area contributed by atoms with Crippen molar-refractivity contribution in [3.05, 3.63) is 106 Å². The molecular weight excluding hydrogens is 534 g/mol. The Bertz CT molecular complexity index is 1520. The van der Waals surface area contributed by atoms with Crippen LogP contribution in [0.2, 0.25) is 5.02 Å². The fourth-order valence-corrected chi connectivity index (χ4v) is 5.94. The van der Waals surface area contributed by atoms with E-state index in [1.54, 1.807) is 6.07 Å². The van der Waals surface area contributed by atoms with Crippen molar-refractivity contribution in [2.45, 2.75) is 17.7 Å². The summed E-state index contributed by atoms with van der Waals surface area (Å²) >= 11 is 7.27. The first-order chi connectivity index (χ1) is 17.7. The molecule has 1 amide bonds. The van der Waals surface area contributed by atoms with Gasteiger partial charge in [0.05, 0.1) is 16.3 Å². The van der Waals surface area contributed by atoms with Gasteiger partial charge in [0, 0.05) is 16.0 Å². The average Bonchev–Trinajstić information content (AvgIpc) is 3.33. The third-order valence-electron chi connectivity index (χ3n) is 5.34. The topological polar surface area (TPSA) is 117 Å². The lowest BCUT2D eigenvalue weighted by Gasteiger charge is -2.23. The molecule has 11 heteroatoms. The van der Waals surface area contributed by atoms with Gasteiger partial charge in [-0.2, -0.15) is 0 Å². The second-order valence-electron chi connectivity index (χ2n) is 8.00. The van der Waals surface area contributed by atoms with E-state index in [2.05, 4.69) is 10.3 Å². The number of carboxylic acid groups (broad SMARTS) is 1. The molecule has 0 spiro atoms. The molecule has 0 aliphatic rings. The molecule has 0 aliphatic heterocycles. The van der Waals surface area contributed by atoms with E-state index in [9.17, 15) is 23.1 Å². The number of carboxylic acids is 1. The molecule has 3 aromatic carbocycles. The van der Waals surface area contributed by atoms with E-state index in [0.29, 0.717) is 11.6 Å². The van der Waals surface area contributed by atoms with Crippen LogP contribution in [0.3, 0.4) is 0 Å². The van der Waals surface area contributed by atoms with E-state index in [0.717, 1.165) is 16.4 Å². The van der Waals surface area contributed by atoms with Crippen molar-refractivity contribution in [1.29, 1.82) is 0 Å². The smallest absolute Gasteiger partial charge is 0.324 e. The summed E-state index contributed by atoms with van der Waals surface area (Å²) in [4.78, 5) is 28.5. The molecule has 4 rings (SSSR count). The summed E-state index contributed by atoms with van der Waals surface area (Å²) < 4.78 is 27.5. The van der Waals surface area contributed by atoms with Crippen molar-refractivity contribution in [1.82, 2.24) is 4.98 Å². The van der Waals surface area contributed by atoms with E-state index in [-0.39, 0.29) is 21.2 Å². The van der Waals surface area contributed by atoms with E-state index < -0.39 is 28.4 Å². The Kier molecular flexibility index (Phi) is 8.22. The summed E-state index contributed by atoms with van der Waals surface area (Å²) in [5.74, 6) is -1.88. The SMILES string of the molecule is O=C(O)CN(c1cccc(Cl)c1)S(=O)(=O)c1cccc(C(=O)Nc2nc(CCc3ccccc3)cs2)c1. The zero-order chi connectivity index (χ0) is 26.4. The molecule has 8 nitrogen and oxygen atoms in total. The van der Waals surface area contributed by atoms with E-state index in [4.69, 9.17) is 11.6 Å². The van der Waals surface area contributed by atoms with Crippen molar-refractivity contribution < 1.29 is 23.1 Å². The highest BCUT2D eigenvalue weighted by molar-refractivity contribution is 7.92. The maximum Gasteiger partial charge on any atom is 0.324 e. The first-order valence-electron chi connectivity index (χ1n) is 11.1. The molecule has 0 saturated carbocycles. The lowest BCUT2D eigenvalue weighted by molar-refractivity contribution is -0.135. The van der Waals surface area contributed by atoms with E-state index in [1.165, 1.54) is 59.4 Å². The molecular formula is C26H22ClN3O5S2. The highest BCUT2D eigenvalue weighted by Crippen LogP contribution is 2.27. The number of aryl methyl sites for hydroxylation is 2. The van der Waals surface area contributed by atoms with Gasteiger partial charge in [0.15, 0.2) is 5.13 Å². The molecule has 1 aromatic heterocycles. The summed E-state index contributed by atoms with van der Waals surface area (Å²) in [5, 5.41) is 14.6. The van der Waals surface area contributed by atoms with Gasteiger partial charge in [-0.25, -0.2) is 13.4 Å². The standard InChI is InChI=1S/C26H22ClN3O5S2/c27-20-9-5-10-22(15-20)30(16-24(31)32)37(34,35)23-11-4-8-19(14-23)25(33)29-26-28-21(17-36-26)13-12-18-6-2-1-3-7-18/h1-11,14-15,17H,12-13,16H2,(H,31,32)(H,28,29,33). The van der Waals surface area contributed by atoms with Crippen LogP contribution in [0, 0.1) is 0 Å². The van der Waals surface area contributed by atoms with Gasteiger partial charge in [-0.1, -0.05) is 54.1 Å². The quantitative estimate of drug-likeness (QED) is 0.281. The van der Waals surface area contributed by atoms with Gasteiger partial charge in [-0.3, -0.25) is 19.2 Å². The fourth-order valence-electron chi connectivity index (χ4n) is 3.56. The number of halogens is 1. The summed E-state index contributed by atoms with van der Waals surface area (Å²) in [6.07, 6.45) is 1.53. The monoisotopic (exact) mass is 555 g/mol. The Labute approximate surface area is 223 Å². The molecule has 0 aliphatic carbocycles. The number of amides is 1. The Balaban J connectivity index is 1.51. The molecule has 1 heterocycles. The molecule has 37 heavy (non-hydrogen) atoms. The number of aliphatic carboxylic acids is 1. The van der Waals surface area contributed by atoms with Gasteiger partial charge in [0.1, 0.15) is 6.54 Å². The number of hydrogen-bond donors (Lipinski definition) is 2. The molecule has 0 bridgehead atoms. The summed E-state index contributed by atoms with van der Waals surface area (Å²) in [6, 6.07) is 21.3. The Morgan fingerprint density at radius 1 is 0.973 bits per heavy atom. The minimum atomic E-state index is -4.32. The number of nitrogens with one attached hydrogen (secondary N) is 1. The second kappa shape index (κ2) is 11.5. The molecule has 0 radical (unpaired) electrons. The number of aromatic nitrogens is 1. The van der Waals surface area contributed by atoms with Crippen LogP contribution in [0.4, 0.5) is 10.8 Å². The van der Waals surface area contributed by atoms with Gasteiger partial charge >= 0.3 is 5.97 Å².